The van der Waals surface area contributed by atoms with Crippen LogP contribution >= 0.6 is 0 Å². The minimum absolute atomic E-state index is 0.435. The first-order valence-corrected chi connectivity index (χ1v) is 7.18. The summed E-state index contributed by atoms with van der Waals surface area (Å²) in [5.74, 6) is -0.529. The number of carboxylic acid groups (broad SMARTS) is 1. The molecule has 1 aromatic heterocycles. The number of amides is 1. The molecular formula is C18H18N2O4. The van der Waals surface area contributed by atoms with Crippen molar-refractivity contribution < 1.29 is 19.4 Å². The third-order valence-corrected chi connectivity index (χ3v) is 3.32. The van der Waals surface area contributed by atoms with Crippen molar-refractivity contribution in [1.82, 2.24) is 4.57 Å². The van der Waals surface area contributed by atoms with Crippen LogP contribution in [0.25, 0.3) is 16.6 Å². The van der Waals surface area contributed by atoms with Crippen molar-refractivity contribution in [3.63, 3.8) is 0 Å². The number of nitrogens with zero attached hydrogens (tertiary/aromatic N) is 1. The second-order valence-corrected chi connectivity index (χ2v) is 4.99. The number of aliphatic carboxylic acids is 1. The molecule has 0 radical (unpaired) electrons. The lowest BCUT2D eigenvalue weighted by Gasteiger charge is -2.10. The van der Waals surface area contributed by atoms with Gasteiger partial charge in [-0.2, -0.15) is 0 Å². The van der Waals surface area contributed by atoms with Gasteiger partial charge in [0.05, 0.1) is 23.9 Å². The second kappa shape index (κ2) is 7.32. The van der Waals surface area contributed by atoms with Crippen LogP contribution in [0.2, 0.25) is 0 Å². The minimum atomic E-state index is -0.833. The Morgan fingerprint density at radius 1 is 1.08 bits per heavy atom. The van der Waals surface area contributed by atoms with Gasteiger partial charge in [0.15, 0.2) is 0 Å². The predicted octanol–water partition coefficient (Wildman–Crippen LogP) is 2.83. The van der Waals surface area contributed by atoms with Gasteiger partial charge in [0, 0.05) is 18.5 Å². The summed E-state index contributed by atoms with van der Waals surface area (Å²) in [4.78, 5) is 20.6. The molecule has 0 aliphatic rings. The van der Waals surface area contributed by atoms with E-state index in [1.165, 1.54) is 0 Å². The first kappa shape index (κ1) is 17.1. The number of hydrogen-bond donors (Lipinski definition) is 2. The van der Waals surface area contributed by atoms with Gasteiger partial charge in [-0.3, -0.25) is 9.59 Å². The molecule has 0 aliphatic heterocycles. The Morgan fingerprint density at radius 2 is 1.67 bits per heavy atom. The van der Waals surface area contributed by atoms with Gasteiger partial charge in [-0.05, 0) is 18.2 Å². The topological polar surface area (TPSA) is 94.6 Å². The number of carboxylic acids is 1. The van der Waals surface area contributed by atoms with Crippen LogP contribution in [0.15, 0.2) is 54.7 Å². The molecule has 3 N–H and O–H groups in total. The maximum Gasteiger partial charge on any atom is 0.300 e. The van der Waals surface area contributed by atoms with Gasteiger partial charge in [0.25, 0.3) is 11.9 Å². The number of methoxy groups -OCH3 is 1. The first-order valence-electron chi connectivity index (χ1n) is 7.18. The third-order valence-electron chi connectivity index (χ3n) is 3.32. The highest BCUT2D eigenvalue weighted by Gasteiger charge is 2.14. The Kier molecular flexibility index (Phi) is 5.21. The summed E-state index contributed by atoms with van der Waals surface area (Å²) >= 11 is 0. The Labute approximate surface area is 139 Å². The number of nitrogens with two attached hydrogens (primary N) is 1. The summed E-state index contributed by atoms with van der Waals surface area (Å²) < 4.78 is 7.31. The molecule has 6 heteroatoms. The SMILES string of the molecule is CC(=O)O.COc1ccccc1-n1cc(C(N)=O)c2ccccc21. The number of aromatic nitrogens is 1. The fourth-order valence-electron chi connectivity index (χ4n) is 2.40. The predicted molar refractivity (Wildman–Crippen MR) is 91.7 cm³/mol. The van der Waals surface area contributed by atoms with E-state index >= 15 is 0 Å². The largest absolute Gasteiger partial charge is 0.495 e. The molecule has 0 spiro atoms. The zero-order valence-corrected chi connectivity index (χ0v) is 13.4. The molecule has 1 heterocycles. The molecule has 6 nitrogen and oxygen atoms in total. The van der Waals surface area contributed by atoms with Gasteiger partial charge < -0.3 is 20.1 Å². The summed E-state index contributed by atoms with van der Waals surface area (Å²) in [5, 5.41) is 8.26. The smallest absolute Gasteiger partial charge is 0.300 e. The number of benzene rings is 2. The van der Waals surface area contributed by atoms with Crippen LogP contribution < -0.4 is 10.5 Å². The van der Waals surface area contributed by atoms with E-state index in [1.54, 1.807) is 13.3 Å². The molecule has 0 fully saturated rings. The number of primary amides is 1. The minimum Gasteiger partial charge on any atom is -0.495 e. The summed E-state index contributed by atoms with van der Waals surface area (Å²) in [6, 6.07) is 15.3. The normalized spacial score (nSPS) is 9.92. The number of para-hydroxylation sites is 3. The van der Waals surface area contributed by atoms with E-state index in [1.807, 2.05) is 53.1 Å². The molecule has 0 unspecified atom stereocenters. The lowest BCUT2D eigenvalue weighted by Crippen LogP contribution is -2.10. The van der Waals surface area contributed by atoms with Crippen LogP contribution in [0.3, 0.4) is 0 Å². The molecule has 1 amide bonds. The van der Waals surface area contributed by atoms with E-state index in [4.69, 9.17) is 20.4 Å². The average molecular weight is 326 g/mol. The van der Waals surface area contributed by atoms with Crippen molar-refractivity contribution in [3.05, 3.63) is 60.3 Å². The van der Waals surface area contributed by atoms with E-state index in [-0.39, 0.29) is 0 Å². The van der Waals surface area contributed by atoms with E-state index in [9.17, 15) is 4.79 Å². The quantitative estimate of drug-likeness (QED) is 0.774. The molecule has 0 aliphatic carbocycles. The molecular weight excluding hydrogens is 308 g/mol. The Bertz CT molecular complexity index is 880. The van der Waals surface area contributed by atoms with Gasteiger partial charge in [-0.25, -0.2) is 0 Å². The molecule has 24 heavy (non-hydrogen) atoms. The van der Waals surface area contributed by atoms with Gasteiger partial charge >= 0.3 is 0 Å². The van der Waals surface area contributed by atoms with Crippen molar-refractivity contribution in [1.29, 1.82) is 0 Å². The molecule has 3 aromatic rings. The highest BCUT2D eigenvalue weighted by Crippen LogP contribution is 2.29. The summed E-state index contributed by atoms with van der Waals surface area (Å²) in [6.45, 7) is 1.08. The van der Waals surface area contributed by atoms with E-state index in [2.05, 4.69) is 0 Å². The van der Waals surface area contributed by atoms with Gasteiger partial charge in [0.1, 0.15) is 5.75 Å². The van der Waals surface area contributed by atoms with Crippen LogP contribution in [0.1, 0.15) is 17.3 Å². The van der Waals surface area contributed by atoms with Crippen LogP contribution in [-0.2, 0) is 4.79 Å². The number of rotatable bonds is 3. The van der Waals surface area contributed by atoms with Crippen LogP contribution in [0, 0.1) is 0 Å². The summed E-state index contributed by atoms with van der Waals surface area (Å²) in [6.07, 6.45) is 1.75. The monoisotopic (exact) mass is 326 g/mol. The number of carbonyl (C=O) groups excluding carboxylic acids is 1. The third kappa shape index (κ3) is 3.55. The fraction of sp³-hybridized carbons (Fsp3) is 0.111. The fourth-order valence-corrected chi connectivity index (χ4v) is 2.40. The Balaban J connectivity index is 0.000000471. The number of fused-ring (bicyclic) bond motifs is 1. The van der Waals surface area contributed by atoms with Gasteiger partial charge in [-0.15, -0.1) is 0 Å². The molecule has 0 atom stereocenters. The van der Waals surface area contributed by atoms with E-state index in [0.29, 0.717) is 5.56 Å². The number of hydrogen-bond acceptors (Lipinski definition) is 3. The highest BCUT2D eigenvalue weighted by atomic mass is 16.5. The Hall–Kier alpha value is -3.28. The molecule has 0 saturated carbocycles. The first-order chi connectivity index (χ1) is 11.5. The van der Waals surface area contributed by atoms with Gasteiger partial charge in [-0.1, -0.05) is 30.3 Å². The Morgan fingerprint density at radius 3 is 2.29 bits per heavy atom. The standard InChI is InChI=1S/C16H14N2O2.C2H4O2/c1-20-15-9-5-4-8-14(15)18-10-12(16(17)19)11-6-2-3-7-13(11)18;1-2(3)4/h2-10H,1H3,(H2,17,19);1H3,(H,3,4). The number of carbonyl (C=O) groups is 2. The van der Waals surface area contributed by atoms with Crippen molar-refractivity contribution in [2.75, 3.05) is 7.11 Å². The summed E-state index contributed by atoms with van der Waals surface area (Å²) in [5.41, 5.74) is 7.76. The zero-order chi connectivity index (χ0) is 17.7. The maximum absolute atomic E-state index is 11.6. The average Bonchev–Trinajstić information content (AvgIpc) is 2.94. The van der Waals surface area contributed by atoms with E-state index < -0.39 is 11.9 Å². The van der Waals surface area contributed by atoms with Crippen molar-refractivity contribution in [3.8, 4) is 11.4 Å². The molecule has 2 aromatic carbocycles. The van der Waals surface area contributed by atoms with Gasteiger partial charge in [0.2, 0.25) is 0 Å². The molecule has 3 rings (SSSR count). The lowest BCUT2D eigenvalue weighted by atomic mass is 10.2. The highest BCUT2D eigenvalue weighted by molar-refractivity contribution is 6.06. The van der Waals surface area contributed by atoms with Crippen LogP contribution in [0.5, 0.6) is 5.75 Å². The van der Waals surface area contributed by atoms with Crippen molar-refractivity contribution in [2.24, 2.45) is 5.73 Å². The van der Waals surface area contributed by atoms with Crippen molar-refractivity contribution in [2.45, 2.75) is 6.92 Å². The van der Waals surface area contributed by atoms with Crippen LogP contribution in [-0.4, -0.2) is 28.7 Å². The molecule has 124 valence electrons. The summed E-state index contributed by atoms with van der Waals surface area (Å²) in [7, 11) is 1.62. The maximum atomic E-state index is 11.6. The lowest BCUT2D eigenvalue weighted by molar-refractivity contribution is -0.134. The zero-order valence-electron chi connectivity index (χ0n) is 13.4. The van der Waals surface area contributed by atoms with Crippen LogP contribution in [0.4, 0.5) is 0 Å². The second-order valence-electron chi connectivity index (χ2n) is 4.99. The van der Waals surface area contributed by atoms with E-state index in [0.717, 1.165) is 29.3 Å². The van der Waals surface area contributed by atoms with Crippen molar-refractivity contribution >= 4 is 22.8 Å². The molecule has 0 saturated heterocycles. The number of ether oxygens (including phenoxy) is 1. The molecule has 0 bridgehead atoms.